The zero-order chi connectivity index (χ0) is 42.3. The zero-order valence-electron chi connectivity index (χ0n) is 30.9. The summed E-state index contributed by atoms with van der Waals surface area (Å²) >= 11 is 32.7. The van der Waals surface area contributed by atoms with Crippen LogP contribution >= 0.6 is 108 Å². The van der Waals surface area contributed by atoms with E-state index >= 15 is 0 Å². The lowest BCUT2D eigenvalue weighted by molar-refractivity contribution is 0.0598. The number of nitrogens with one attached hydrogen (secondary N) is 2. The van der Waals surface area contributed by atoms with Crippen LogP contribution in [0.15, 0.2) is 63.2 Å². The number of halogens is 5. The SMILES string of the molecule is CN(N)C(=N)c1sc(Br)nc1-c1ccc(Cl)c(Cl)c1.COC(=O)c1sccc1N.COC(=O)c1sccc1Nc1nc(-c2ccc(Cl)c(Cl)c2)c(-c2nnnn2C)s1.N. The van der Waals surface area contributed by atoms with E-state index in [1.54, 1.807) is 65.9 Å². The van der Waals surface area contributed by atoms with E-state index in [-0.39, 0.29) is 18.0 Å². The molecule has 7 rings (SSSR count). The monoisotopic (exact) mass is 1020 g/mol. The number of thiophene rings is 2. The first-order valence-corrected chi connectivity index (χ1v) is 21.5. The van der Waals surface area contributed by atoms with Gasteiger partial charge in [-0.25, -0.2) is 30.1 Å². The topological polar surface area (TPSA) is 248 Å². The Labute approximate surface area is 381 Å². The molecule has 0 radical (unpaired) electrons. The molecule has 7 aromatic rings. The van der Waals surface area contributed by atoms with Gasteiger partial charge in [-0.15, -0.1) is 39.1 Å². The standard InChI is InChI=1S/C17H12Cl2N6O2S2.C11H9BrCl2N4S.C6H7NO2S.H3N/c1-25-15(22-23-24-25)14-12(8-3-4-9(18)10(19)7-8)21-17(29-14)20-11-5-6-28-13(11)16(26)27-2;1-18(16)10(15)9-8(17-11(12)19-9)5-2-3-6(13)7(14)4-5;1-9-6(8)5-4(7)2-3-10-5;/h3-7H,1-2H3,(H,20,21);2-4,15H,16H2,1H3;2-3H,7H2,1H3;1H3. The fraction of sp³-hybridized carbons (Fsp3) is 0.118. The molecule has 0 aliphatic carbocycles. The highest BCUT2D eigenvalue weighted by Gasteiger charge is 2.22. The molecule has 2 aromatic carbocycles. The first-order chi connectivity index (χ1) is 27.6. The summed E-state index contributed by atoms with van der Waals surface area (Å²) in [5.74, 6) is 5.56. The maximum Gasteiger partial charge on any atom is 0.350 e. The molecular weight excluding hydrogens is 990 g/mol. The largest absolute Gasteiger partial charge is 0.465 e. The van der Waals surface area contributed by atoms with Crippen molar-refractivity contribution >= 4 is 142 Å². The molecule has 0 saturated heterocycles. The lowest BCUT2D eigenvalue weighted by Crippen LogP contribution is -2.32. The summed E-state index contributed by atoms with van der Waals surface area (Å²) in [5, 5.41) is 30.0. The fourth-order valence-corrected chi connectivity index (χ4v) is 9.17. The number of nitrogens with zero attached hydrogens (tertiary/aromatic N) is 7. The van der Waals surface area contributed by atoms with Gasteiger partial charge in [0.15, 0.2) is 20.7 Å². The van der Waals surface area contributed by atoms with Crippen molar-refractivity contribution in [2.75, 3.05) is 32.3 Å². The molecule has 0 fully saturated rings. The van der Waals surface area contributed by atoms with Gasteiger partial charge in [-0.1, -0.05) is 69.9 Å². The fourth-order valence-electron chi connectivity index (χ4n) is 4.59. The number of methoxy groups -OCH3 is 2. The summed E-state index contributed by atoms with van der Waals surface area (Å²) in [6.07, 6.45) is 0. The number of hydrazine groups is 1. The van der Waals surface area contributed by atoms with Gasteiger partial charge < -0.3 is 26.7 Å². The van der Waals surface area contributed by atoms with Gasteiger partial charge >= 0.3 is 11.9 Å². The Hall–Kier alpha value is -4.26. The van der Waals surface area contributed by atoms with Gasteiger partial charge in [0.25, 0.3) is 0 Å². The number of carbonyl (C=O) groups excluding carboxylic acids is 2. The zero-order valence-corrected chi connectivity index (χ0v) is 38.8. The van der Waals surface area contributed by atoms with E-state index in [9.17, 15) is 9.59 Å². The Morgan fingerprint density at radius 1 is 0.847 bits per heavy atom. The molecular formula is C34H31BrCl4N12O4S4. The van der Waals surface area contributed by atoms with Gasteiger partial charge in [-0.3, -0.25) is 10.4 Å². The Kier molecular flexibility index (Phi) is 17.1. The second kappa shape index (κ2) is 21.3. The molecule has 0 amide bonds. The molecule has 0 aliphatic rings. The average molecular weight is 1020 g/mol. The highest BCUT2D eigenvalue weighted by molar-refractivity contribution is 9.11. The maximum atomic E-state index is 12.0. The molecule has 0 aliphatic heterocycles. The quantitative estimate of drug-likeness (QED) is 0.0312. The highest BCUT2D eigenvalue weighted by atomic mass is 79.9. The molecule has 9 N–H and O–H groups in total. The molecule has 5 aromatic heterocycles. The summed E-state index contributed by atoms with van der Waals surface area (Å²) in [6, 6.07) is 14.0. The van der Waals surface area contributed by atoms with Crippen molar-refractivity contribution in [2.24, 2.45) is 12.9 Å². The second-order valence-electron chi connectivity index (χ2n) is 11.2. The number of hydrogen-bond acceptors (Lipinski definition) is 18. The number of benzene rings is 2. The van der Waals surface area contributed by atoms with Crippen molar-refractivity contribution in [2.45, 2.75) is 0 Å². The van der Waals surface area contributed by atoms with Crippen LogP contribution in [0.5, 0.6) is 0 Å². The molecule has 0 saturated carbocycles. The van der Waals surface area contributed by atoms with Crippen LogP contribution in [-0.2, 0) is 16.5 Å². The van der Waals surface area contributed by atoms with Crippen LogP contribution in [0.1, 0.15) is 24.2 Å². The number of amidine groups is 1. The molecule has 0 unspecified atom stereocenters. The summed E-state index contributed by atoms with van der Waals surface area (Å²) in [5.41, 5.74) is 9.37. The van der Waals surface area contributed by atoms with Crippen molar-refractivity contribution in [3.05, 3.63) is 97.9 Å². The lowest BCUT2D eigenvalue weighted by Gasteiger charge is -2.12. The van der Waals surface area contributed by atoms with Crippen LogP contribution in [0.4, 0.5) is 16.5 Å². The van der Waals surface area contributed by atoms with E-state index in [4.69, 9.17) is 73.1 Å². The number of tetrazole rings is 1. The lowest BCUT2D eigenvalue weighted by atomic mass is 10.1. The number of hydrogen-bond donors (Lipinski definition) is 5. The number of aromatic nitrogens is 6. The van der Waals surface area contributed by atoms with Gasteiger partial charge in [-0.2, -0.15) is 0 Å². The maximum absolute atomic E-state index is 12.0. The van der Waals surface area contributed by atoms with E-state index in [0.29, 0.717) is 72.4 Å². The Morgan fingerprint density at radius 3 is 1.95 bits per heavy atom. The van der Waals surface area contributed by atoms with Gasteiger partial charge in [-0.05, 0) is 73.5 Å². The highest BCUT2D eigenvalue weighted by Crippen LogP contribution is 2.41. The van der Waals surface area contributed by atoms with Crippen LogP contribution in [0, 0.1) is 5.41 Å². The normalized spacial score (nSPS) is 10.3. The minimum Gasteiger partial charge on any atom is -0.465 e. The van der Waals surface area contributed by atoms with E-state index in [0.717, 1.165) is 16.0 Å². The Bertz CT molecular complexity index is 2590. The number of anilines is 3. The van der Waals surface area contributed by atoms with E-state index < -0.39 is 5.97 Å². The predicted octanol–water partition coefficient (Wildman–Crippen LogP) is 10.2. The number of thiazole rings is 2. The van der Waals surface area contributed by atoms with Gasteiger partial charge in [0.05, 0.1) is 61.9 Å². The molecule has 310 valence electrons. The molecule has 0 bridgehead atoms. The number of carbonyl (C=O) groups is 2. The van der Waals surface area contributed by atoms with Gasteiger partial charge in [0, 0.05) is 25.2 Å². The van der Waals surface area contributed by atoms with E-state index in [2.05, 4.69) is 46.5 Å². The third-order valence-corrected chi connectivity index (χ3v) is 13.1. The van der Waals surface area contributed by atoms with Crippen molar-refractivity contribution < 1.29 is 19.1 Å². The smallest absolute Gasteiger partial charge is 0.350 e. The van der Waals surface area contributed by atoms with Crippen molar-refractivity contribution in [3.8, 4) is 33.2 Å². The summed E-state index contributed by atoms with van der Waals surface area (Å²) in [7, 11) is 6.03. The minimum atomic E-state index is -0.415. The van der Waals surface area contributed by atoms with Crippen molar-refractivity contribution in [3.63, 3.8) is 0 Å². The molecule has 0 spiro atoms. The molecule has 59 heavy (non-hydrogen) atoms. The third-order valence-electron chi connectivity index (χ3n) is 7.35. The molecule has 5 heterocycles. The number of rotatable bonds is 8. The number of nitrogens with two attached hydrogens (primary N) is 2. The van der Waals surface area contributed by atoms with Crippen molar-refractivity contribution in [1.82, 2.24) is 41.3 Å². The summed E-state index contributed by atoms with van der Waals surface area (Å²) in [4.78, 5) is 34.2. The van der Waals surface area contributed by atoms with Crippen LogP contribution < -0.4 is 23.0 Å². The van der Waals surface area contributed by atoms with Crippen molar-refractivity contribution in [1.29, 1.82) is 5.41 Å². The van der Waals surface area contributed by atoms with Crippen LogP contribution in [-0.4, -0.2) is 74.2 Å². The second-order valence-corrected chi connectivity index (χ2v) is 17.9. The Morgan fingerprint density at radius 2 is 1.42 bits per heavy atom. The predicted molar refractivity (Wildman–Crippen MR) is 243 cm³/mol. The number of nitrogen functional groups attached to an aromatic ring is 1. The molecule has 25 heteroatoms. The average Bonchev–Trinajstić information content (AvgIpc) is 4.06. The van der Waals surface area contributed by atoms with Crippen LogP contribution in [0.2, 0.25) is 20.1 Å². The van der Waals surface area contributed by atoms with E-state index in [1.807, 2.05) is 12.1 Å². The van der Waals surface area contributed by atoms with E-state index in [1.165, 1.54) is 64.6 Å². The summed E-state index contributed by atoms with van der Waals surface area (Å²) in [6.45, 7) is 0. The van der Waals surface area contributed by atoms with Gasteiger partial charge in [0.1, 0.15) is 14.6 Å². The third kappa shape index (κ3) is 11.5. The summed E-state index contributed by atoms with van der Waals surface area (Å²) < 4.78 is 11.5. The first-order valence-electron chi connectivity index (χ1n) is 15.9. The van der Waals surface area contributed by atoms with Crippen LogP contribution in [0.25, 0.3) is 33.2 Å². The van der Waals surface area contributed by atoms with Crippen LogP contribution in [0.3, 0.4) is 0 Å². The number of aryl methyl sites for hydroxylation is 1. The van der Waals surface area contributed by atoms with Gasteiger partial charge in [0.2, 0.25) is 0 Å². The molecule has 0 atom stereocenters. The first kappa shape index (κ1) is 47.4. The molecule has 16 nitrogen and oxygen atoms in total. The minimum absolute atomic E-state index is 0. The number of ether oxygens (including phenoxy) is 2. The number of esters is 2. The Balaban J connectivity index is 0.000000220.